The van der Waals surface area contributed by atoms with E-state index in [2.05, 4.69) is 5.32 Å². The molecule has 0 fully saturated rings. The Kier molecular flexibility index (Phi) is 11.5. The van der Waals surface area contributed by atoms with Crippen LogP contribution < -0.4 is 14.4 Å². The Balaban J connectivity index is 1.76. The first-order valence-corrected chi connectivity index (χ1v) is 16.1. The summed E-state index contributed by atoms with van der Waals surface area (Å²) in [4.78, 5) is 29.7. The van der Waals surface area contributed by atoms with Gasteiger partial charge in [-0.15, -0.1) is 0 Å². The fourth-order valence-corrected chi connectivity index (χ4v) is 6.27. The highest BCUT2D eigenvalue weighted by atomic mass is 32.2. The van der Waals surface area contributed by atoms with Crippen molar-refractivity contribution < 1.29 is 22.7 Å². The number of nitrogens with zero attached hydrogens (tertiary/aromatic N) is 2. The summed E-state index contributed by atoms with van der Waals surface area (Å²) >= 11 is 0. The predicted molar refractivity (Wildman–Crippen MR) is 173 cm³/mol. The van der Waals surface area contributed by atoms with Gasteiger partial charge in [-0.25, -0.2) is 8.42 Å². The van der Waals surface area contributed by atoms with Crippen LogP contribution in [0.25, 0.3) is 0 Å². The second-order valence-electron chi connectivity index (χ2n) is 10.4. The van der Waals surface area contributed by atoms with Crippen LogP contribution in [0, 0.1) is 0 Å². The van der Waals surface area contributed by atoms with E-state index in [1.807, 2.05) is 67.6 Å². The fourth-order valence-electron chi connectivity index (χ4n) is 4.84. The number of ether oxygens (including phenoxy) is 1. The Labute approximate surface area is 260 Å². The molecule has 4 aromatic rings. The number of carbonyl (C=O) groups is 2. The third-order valence-corrected chi connectivity index (χ3v) is 9.05. The largest absolute Gasteiger partial charge is 0.497 e. The van der Waals surface area contributed by atoms with E-state index in [0.717, 1.165) is 28.3 Å². The highest BCUT2D eigenvalue weighted by Crippen LogP contribution is 2.27. The van der Waals surface area contributed by atoms with E-state index in [9.17, 15) is 18.0 Å². The van der Waals surface area contributed by atoms with Crippen molar-refractivity contribution in [2.24, 2.45) is 0 Å². The van der Waals surface area contributed by atoms with E-state index in [-0.39, 0.29) is 23.8 Å². The minimum atomic E-state index is -4.15. The Morgan fingerprint density at radius 2 is 1.36 bits per heavy atom. The topological polar surface area (TPSA) is 96.0 Å². The van der Waals surface area contributed by atoms with Gasteiger partial charge in [-0.3, -0.25) is 13.9 Å². The molecule has 4 rings (SSSR count). The lowest BCUT2D eigenvalue weighted by molar-refractivity contribution is -0.140. The van der Waals surface area contributed by atoms with E-state index < -0.39 is 28.5 Å². The number of anilines is 1. The third kappa shape index (κ3) is 8.48. The molecule has 0 spiro atoms. The Morgan fingerprint density at radius 3 is 1.93 bits per heavy atom. The second kappa shape index (κ2) is 15.7. The summed E-state index contributed by atoms with van der Waals surface area (Å²) in [5.74, 6) is -0.237. The van der Waals surface area contributed by atoms with Crippen LogP contribution in [0.15, 0.2) is 120 Å². The van der Waals surface area contributed by atoms with E-state index in [0.29, 0.717) is 18.0 Å². The maximum atomic E-state index is 14.4. The lowest BCUT2D eigenvalue weighted by Gasteiger charge is -2.34. The van der Waals surface area contributed by atoms with Gasteiger partial charge < -0.3 is 15.0 Å². The van der Waals surface area contributed by atoms with E-state index in [1.165, 1.54) is 24.1 Å². The number of hydrogen-bond donors (Lipinski definition) is 1. The summed E-state index contributed by atoms with van der Waals surface area (Å²) < 4.78 is 34.4. The first-order chi connectivity index (χ1) is 21.3. The number of benzene rings is 4. The molecule has 0 radical (unpaired) electrons. The normalized spacial score (nSPS) is 11.8. The van der Waals surface area contributed by atoms with Gasteiger partial charge in [0.25, 0.3) is 10.0 Å². The summed E-state index contributed by atoms with van der Waals surface area (Å²) in [6, 6.07) is 32.5. The minimum Gasteiger partial charge on any atom is -0.497 e. The SMILES string of the molecule is CCCCNC(=O)C(Cc1ccccc1)N(Cc1ccccc1)C(=O)CN(c1ccc(OC)cc1)S(=O)(=O)c1ccccc1. The molecule has 1 N–H and O–H groups in total. The van der Waals surface area contributed by atoms with Crippen LogP contribution >= 0.6 is 0 Å². The highest BCUT2D eigenvalue weighted by Gasteiger charge is 2.34. The molecule has 0 bridgehead atoms. The van der Waals surface area contributed by atoms with Gasteiger partial charge in [0, 0.05) is 19.5 Å². The molecule has 0 heterocycles. The van der Waals surface area contributed by atoms with Crippen LogP contribution in [-0.4, -0.2) is 51.4 Å². The first-order valence-electron chi connectivity index (χ1n) is 14.7. The predicted octanol–water partition coefficient (Wildman–Crippen LogP) is 5.45. The zero-order valence-corrected chi connectivity index (χ0v) is 26.0. The average molecular weight is 614 g/mol. The first kappa shape index (κ1) is 32.3. The monoisotopic (exact) mass is 613 g/mol. The van der Waals surface area contributed by atoms with Crippen molar-refractivity contribution in [2.45, 2.75) is 43.7 Å². The minimum absolute atomic E-state index is 0.0522. The molecule has 4 aromatic carbocycles. The molecule has 2 amide bonds. The van der Waals surface area contributed by atoms with Crippen LogP contribution in [-0.2, 0) is 32.6 Å². The number of sulfonamides is 1. The van der Waals surface area contributed by atoms with Crippen LogP contribution in [0.5, 0.6) is 5.75 Å². The van der Waals surface area contributed by atoms with Gasteiger partial charge in [0.1, 0.15) is 18.3 Å². The van der Waals surface area contributed by atoms with Crippen molar-refractivity contribution >= 4 is 27.5 Å². The molecule has 0 aliphatic rings. The molecular weight excluding hydrogens is 574 g/mol. The number of hydrogen-bond acceptors (Lipinski definition) is 5. The van der Waals surface area contributed by atoms with Crippen molar-refractivity contribution in [3.8, 4) is 5.75 Å². The maximum Gasteiger partial charge on any atom is 0.264 e. The fraction of sp³-hybridized carbons (Fsp3) is 0.257. The molecule has 230 valence electrons. The Hall–Kier alpha value is -4.63. The number of unbranched alkanes of at least 4 members (excludes halogenated alkanes) is 1. The summed E-state index contributed by atoms with van der Waals surface area (Å²) in [6.07, 6.45) is 1.98. The molecular formula is C35H39N3O5S. The van der Waals surface area contributed by atoms with Crippen molar-refractivity contribution in [1.29, 1.82) is 0 Å². The molecule has 0 saturated carbocycles. The smallest absolute Gasteiger partial charge is 0.264 e. The lowest BCUT2D eigenvalue weighted by Crippen LogP contribution is -2.53. The van der Waals surface area contributed by atoms with Gasteiger partial charge in [0.2, 0.25) is 11.8 Å². The van der Waals surface area contributed by atoms with Crippen molar-refractivity contribution in [3.05, 3.63) is 126 Å². The second-order valence-corrected chi connectivity index (χ2v) is 12.2. The van der Waals surface area contributed by atoms with E-state index >= 15 is 0 Å². The van der Waals surface area contributed by atoms with E-state index in [4.69, 9.17) is 4.74 Å². The summed E-state index contributed by atoms with van der Waals surface area (Å²) in [6.45, 7) is 2.14. The third-order valence-electron chi connectivity index (χ3n) is 7.27. The van der Waals surface area contributed by atoms with Gasteiger partial charge in [0.05, 0.1) is 17.7 Å². The summed E-state index contributed by atoms with van der Waals surface area (Å²) in [7, 11) is -2.63. The van der Waals surface area contributed by atoms with Gasteiger partial charge in [-0.1, -0.05) is 92.2 Å². The van der Waals surface area contributed by atoms with Crippen LogP contribution in [0.2, 0.25) is 0 Å². The zero-order chi connectivity index (χ0) is 31.4. The average Bonchev–Trinajstić information content (AvgIpc) is 3.06. The number of carbonyl (C=O) groups excluding carboxylic acids is 2. The van der Waals surface area contributed by atoms with Gasteiger partial charge >= 0.3 is 0 Å². The highest BCUT2D eigenvalue weighted by molar-refractivity contribution is 7.92. The van der Waals surface area contributed by atoms with Crippen molar-refractivity contribution in [3.63, 3.8) is 0 Å². The van der Waals surface area contributed by atoms with Crippen molar-refractivity contribution in [2.75, 3.05) is 24.5 Å². The number of nitrogens with one attached hydrogen (secondary N) is 1. The van der Waals surface area contributed by atoms with Crippen LogP contribution in [0.4, 0.5) is 5.69 Å². The maximum absolute atomic E-state index is 14.4. The molecule has 0 saturated heterocycles. The molecule has 8 nitrogen and oxygen atoms in total. The summed E-state index contributed by atoms with van der Waals surface area (Å²) in [5, 5.41) is 3.00. The van der Waals surface area contributed by atoms with Gasteiger partial charge in [-0.05, 0) is 53.9 Å². The molecule has 0 aromatic heterocycles. The molecule has 1 unspecified atom stereocenters. The quantitative estimate of drug-likeness (QED) is 0.180. The van der Waals surface area contributed by atoms with Crippen molar-refractivity contribution in [1.82, 2.24) is 10.2 Å². The standard InChI is InChI=1S/C35H39N3O5S/c1-3-4-24-36-35(40)33(25-28-14-8-5-9-15-28)37(26-29-16-10-6-11-17-29)34(39)27-38(30-20-22-31(43-2)23-21-30)44(41,42)32-18-12-7-13-19-32/h5-23,33H,3-4,24-27H2,1-2H3,(H,36,40). The Morgan fingerprint density at radius 1 is 0.795 bits per heavy atom. The van der Waals surface area contributed by atoms with E-state index in [1.54, 1.807) is 42.5 Å². The number of rotatable bonds is 15. The summed E-state index contributed by atoms with van der Waals surface area (Å²) in [5.41, 5.74) is 2.01. The zero-order valence-electron chi connectivity index (χ0n) is 25.1. The van der Waals surface area contributed by atoms with Crippen LogP contribution in [0.1, 0.15) is 30.9 Å². The lowest BCUT2D eigenvalue weighted by atomic mass is 10.0. The number of methoxy groups -OCH3 is 1. The van der Waals surface area contributed by atoms with Crippen LogP contribution in [0.3, 0.4) is 0 Å². The van der Waals surface area contributed by atoms with Gasteiger partial charge in [-0.2, -0.15) is 0 Å². The van der Waals surface area contributed by atoms with Gasteiger partial charge in [0.15, 0.2) is 0 Å². The molecule has 0 aliphatic carbocycles. The molecule has 44 heavy (non-hydrogen) atoms. The number of amides is 2. The molecule has 1 atom stereocenters. The molecule has 0 aliphatic heterocycles. The molecule has 9 heteroatoms. The Bertz CT molecular complexity index is 1580.